The number of hydrogen-bond donors (Lipinski definition) is 2. The van der Waals surface area contributed by atoms with Gasteiger partial charge in [-0.15, -0.1) is 0 Å². The minimum atomic E-state index is 0.371. The maximum absolute atomic E-state index is 5.96. The van der Waals surface area contributed by atoms with Crippen LogP contribution in [0.5, 0.6) is 0 Å². The van der Waals surface area contributed by atoms with Gasteiger partial charge in [0.15, 0.2) is 0 Å². The summed E-state index contributed by atoms with van der Waals surface area (Å²) >= 11 is 0. The van der Waals surface area contributed by atoms with Crippen molar-refractivity contribution in [2.24, 2.45) is 11.3 Å². The Labute approximate surface area is 127 Å². The molecule has 3 rings (SSSR count). The number of hydrazine groups is 1. The van der Waals surface area contributed by atoms with Crippen molar-refractivity contribution in [3.63, 3.8) is 0 Å². The van der Waals surface area contributed by atoms with Gasteiger partial charge in [-0.05, 0) is 47.4 Å². The predicted molar refractivity (Wildman–Crippen MR) is 90.0 cm³/mol. The van der Waals surface area contributed by atoms with Crippen LogP contribution in [0.15, 0.2) is 42.5 Å². The molecule has 1 saturated carbocycles. The van der Waals surface area contributed by atoms with Crippen LogP contribution in [-0.2, 0) is 6.42 Å². The molecular formula is C19H26N2. The smallest absolute Gasteiger partial charge is 0.0307 e. The van der Waals surface area contributed by atoms with Crippen LogP contribution in [0.25, 0.3) is 10.8 Å². The van der Waals surface area contributed by atoms with Crippen molar-refractivity contribution < 1.29 is 0 Å². The number of fused-ring (bicyclic) bond motifs is 1. The van der Waals surface area contributed by atoms with Gasteiger partial charge in [0.2, 0.25) is 0 Å². The quantitative estimate of drug-likeness (QED) is 0.637. The highest BCUT2D eigenvalue weighted by atomic mass is 15.2. The Morgan fingerprint density at radius 1 is 1.10 bits per heavy atom. The molecule has 0 radical (unpaired) electrons. The molecule has 2 nitrogen and oxygen atoms in total. The Morgan fingerprint density at radius 3 is 2.52 bits per heavy atom. The van der Waals surface area contributed by atoms with Gasteiger partial charge < -0.3 is 0 Å². The maximum Gasteiger partial charge on any atom is 0.0307 e. The normalized spacial score (nSPS) is 19.0. The summed E-state index contributed by atoms with van der Waals surface area (Å²) in [6.07, 6.45) is 7.55. The van der Waals surface area contributed by atoms with Gasteiger partial charge in [-0.25, -0.2) is 0 Å². The highest BCUT2D eigenvalue weighted by Crippen LogP contribution is 2.44. The van der Waals surface area contributed by atoms with E-state index in [1.54, 1.807) is 0 Å². The third-order valence-electron chi connectivity index (χ3n) is 5.55. The van der Waals surface area contributed by atoms with Crippen LogP contribution < -0.4 is 11.3 Å². The summed E-state index contributed by atoms with van der Waals surface area (Å²) in [6.45, 7) is 2.32. The molecule has 21 heavy (non-hydrogen) atoms. The number of rotatable bonds is 5. The third-order valence-corrected chi connectivity index (χ3v) is 5.55. The molecule has 0 aromatic heterocycles. The number of benzene rings is 2. The summed E-state index contributed by atoms with van der Waals surface area (Å²) < 4.78 is 0. The lowest BCUT2D eigenvalue weighted by atomic mass is 9.74. The van der Waals surface area contributed by atoms with Gasteiger partial charge in [-0.1, -0.05) is 62.2 Å². The van der Waals surface area contributed by atoms with E-state index in [1.807, 2.05) is 0 Å². The molecule has 1 aliphatic rings. The van der Waals surface area contributed by atoms with Crippen LogP contribution >= 0.6 is 0 Å². The predicted octanol–water partition coefficient (Wildman–Crippen LogP) is 4.18. The minimum absolute atomic E-state index is 0.371. The van der Waals surface area contributed by atoms with Crippen LogP contribution in [0.2, 0.25) is 0 Å². The number of hydrogen-bond acceptors (Lipinski definition) is 2. The Balaban J connectivity index is 1.92. The van der Waals surface area contributed by atoms with Crippen LogP contribution in [0, 0.1) is 5.41 Å². The second-order valence-corrected chi connectivity index (χ2v) is 6.48. The summed E-state index contributed by atoms with van der Waals surface area (Å²) in [5, 5.41) is 2.69. The Kier molecular flexibility index (Phi) is 4.27. The second-order valence-electron chi connectivity index (χ2n) is 6.48. The van der Waals surface area contributed by atoms with E-state index in [1.165, 1.54) is 48.4 Å². The molecule has 1 atom stereocenters. The van der Waals surface area contributed by atoms with Crippen molar-refractivity contribution >= 4 is 10.8 Å². The molecule has 3 N–H and O–H groups in total. The van der Waals surface area contributed by atoms with Crippen molar-refractivity contribution in [3.05, 3.63) is 48.0 Å². The average molecular weight is 282 g/mol. The molecule has 1 fully saturated rings. The van der Waals surface area contributed by atoms with Gasteiger partial charge in [0.05, 0.1) is 0 Å². The monoisotopic (exact) mass is 282 g/mol. The summed E-state index contributed by atoms with van der Waals surface area (Å²) in [4.78, 5) is 0. The highest BCUT2D eigenvalue weighted by molar-refractivity contribution is 5.85. The van der Waals surface area contributed by atoms with Crippen molar-refractivity contribution in [2.75, 3.05) is 0 Å². The standard InChI is InChI=1S/C19H26N2/c1-2-19(12-5-6-13-19)18(21-20)14-16-10-7-9-15-8-3-4-11-17(15)16/h3-4,7-11,18,21H,2,5-6,12-14,20H2,1H3. The molecule has 1 aliphatic carbocycles. The van der Waals surface area contributed by atoms with E-state index in [9.17, 15) is 0 Å². The van der Waals surface area contributed by atoms with Gasteiger partial charge in [-0.3, -0.25) is 11.3 Å². The summed E-state index contributed by atoms with van der Waals surface area (Å²) in [5.74, 6) is 5.96. The Hall–Kier alpha value is -1.38. The Morgan fingerprint density at radius 2 is 1.81 bits per heavy atom. The van der Waals surface area contributed by atoms with E-state index in [4.69, 9.17) is 5.84 Å². The Bertz CT molecular complexity index is 594. The first-order valence-corrected chi connectivity index (χ1v) is 8.22. The van der Waals surface area contributed by atoms with Crippen LogP contribution in [-0.4, -0.2) is 6.04 Å². The van der Waals surface area contributed by atoms with Gasteiger partial charge in [0.25, 0.3) is 0 Å². The third kappa shape index (κ3) is 2.70. The van der Waals surface area contributed by atoms with Gasteiger partial charge >= 0.3 is 0 Å². The summed E-state index contributed by atoms with van der Waals surface area (Å²) in [6, 6.07) is 15.6. The SMILES string of the molecule is CCC1(C(Cc2cccc3ccccc23)NN)CCCC1. The lowest BCUT2D eigenvalue weighted by Gasteiger charge is -2.37. The molecule has 0 saturated heterocycles. The fourth-order valence-corrected chi connectivity index (χ4v) is 4.17. The largest absolute Gasteiger partial charge is 0.271 e. The number of nitrogens with two attached hydrogens (primary N) is 1. The molecular weight excluding hydrogens is 256 g/mol. The lowest BCUT2D eigenvalue weighted by Crippen LogP contribution is -2.48. The van der Waals surface area contributed by atoms with Crippen molar-refractivity contribution in [3.8, 4) is 0 Å². The molecule has 0 amide bonds. The average Bonchev–Trinajstić information content (AvgIpc) is 3.02. The van der Waals surface area contributed by atoms with Crippen molar-refractivity contribution in [1.82, 2.24) is 5.43 Å². The van der Waals surface area contributed by atoms with E-state index in [2.05, 4.69) is 54.8 Å². The molecule has 2 aromatic carbocycles. The molecule has 2 heteroatoms. The maximum atomic E-state index is 5.96. The highest BCUT2D eigenvalue weighted by Gasteiger charge is 2.39. The van der Waals surface area contributed by atoms with E-state index < -0.39 is 0 Å². The molecule has 0 aliphatic heterocycles. The van der Waals surface area contributed by atoms with E-state index >= 15 is 0 Å². The van der Waals surface area contributed by atoms with Crippen LogP contribution in [0.1, 0.15) is 44.6 Å². The second kappa shape index (κ2) is 6.17. The van der Waals surface area contributed by atoms with Crippen LogP contribution in [0.4, 0.5) is 0 Å². The first kappa shape index (κ1) is 14.6. The minimum Gasteiger partial charge on any atom is -0.271 e. The molecule has 2 aromatic rings. The van der Waals surface area contributed by atoms with Gasteiger partial charge in [0.1, 0.15) is 0 Å². The molecule has 112 valence electrons. The van der Waals surface area contributed by atoms with Crippen LogP contribution in [0.3, 0.4) is 0 Å². The van der Waals surface area contributed by atoms with Gasteiger partial charge in [-0.2, -0.15) is 0 Å². The first-order chi connectivity index (χ1) is 10.3. The zero-order valence-corrected chi connectivity index (χ0v) is 12.9. The molecule has 0 heterocycles. The fraction of sp³-hybridized carbons (Fsp3) is 0.474. The molecule has 0 spiro atoms. The van der Waals surface area contributed by atoms with E-state index in [0.717, 1.165) is 6.42 Å². The summed E-state index contributed by atoms with van der Waals surface area (Å²) in [5.41, 5.74) is 4.94. The zero-order valence-electron chi connectivity index (χ0n) is 12.9. The molecule has 1 unspecified atom stereocenters. The first-order valence-electron chi connectivity index (χ1n) is 8.22. The molecule has 0 bridgehead atoms. The van der Waals surface area contributed by atoms with Crippen molar-refractivity contribution in [2.45, 2.75) is 51.5 Å². The van der Waals surface area contributed by atoms with E-state index in [-0.39, 0.29) is 0 Å². The summed E-state index contributed by atoms with van der Waals surface area (Å²) in [7, 11) is 0. The van der Waals surface area contributed by atoms with Gasteiger partial charge in [0, 0.05) is 6.04 Å². The zero-order chi connectivity index (χ0) is 14.7. The van der Waals surface area contributed by atoms with Crippen molar-refractivity contribution in [1.29, 1.82) is 0 Å². The lowest BCUT2D eigenvalue weighted by molar-refractivity contribution is 0.185. The topological polar surface area (TPSA) is 38.0 Å². The fourth-order valence-electron chi connectivity index (χ4n) is 4.17. The number of nitrogens with one attached hydrogen (secondary N) is 1. The van der Waals surface area contributed by atoms with E-state index in [0.29, 0.717) is 11.5 Å².